The average molecular weight is 263 g/mol. The first-order valence-corrected chi connectivity index (χ1v) is 7.72. The van der Waals surface area contributed by atoms with Gasteiger partial charge in [0.2, 0.25) is 0 Å². The van der Waals surface area contributed by atoms with Crippen LogP contribution in [-0.4, -0.2) is 6.04 Å². The van der Waals surface area contributed by atoms with Crippen LogP contribution in [0.25, 0.3) is 0 Å². The quantitative estimate of drug-likeness (QED) is 0.843. The molecule has 2 aliphatic rings. The van der Waals surface area contributed by atoms with Crippen molar-refractivity contribution in [2.24, 2.45) is 11.8 Å². The van der Waals surface area contributed by atoms with Crippen LogP contribution in [0.5, 0.6) is 0 Å². The van der Waals surface area contributed by atoms with E-state index in [0.29, 0.717) is 6.04 Å². The number of fused-ring (bicyclic) bond motifs is 1. The number of nitrogens with one attached hydrogen (secondary N) is 1. The van der Waals surface area contributed by atoms with Gasteiger partial charge < -0.3 is 5.32 Å². The number of hydrogen-bond acceptors (Lipinski definition) is 1. The maximum Gasteiger partial charge on any atom is 0.0375 e. The molecule has 4 rings (SSSR count). The van der Waals surface area contributed by atoms with Gasteiger partial charge >= 0.3 is 0 Å². The molecule has 0 radical (unpaired) electrons. The number of anilines is 1. The summed E-state index contributed by atoms with van der Waals surface area (Å²) in [4.78, 5) is 0. The van der Waals surface area contributed by atoms with Gasteiger partial charge in [0, 0.05) is 11.7 Å². The molecule has 0 amide bonds. The fraction of sp³-hybridized carbons (Fsp3) is 0.368. The Bertz CT molecular complexity index is 604. The maximum absolute atomic E-state index is 3.81. The van der Waals surface area contributed by atoms with E-state index in [1.165, 1.54) is 29.7 Å². The molecule has 2 aromatic rings. The lowest BCUT2D eigenvalue weighted by molar-refractivity contribution is 0.421. The molecule has 2 aromatic carbocycles. The molecule has 20 heavy (non-hydrogen) atoms. The van der Waals surface area contributed by atoms with Crippen LogP contribution in [0.4, 0.5) is 5.69 Å². The third-order valence-corrected chi connectivity index (χ3v) is 5.02. The summed E-state index contributed by atoms with van der Waals surface area (Å²) < 4.78 is 0. The molecule has 1 saturated carbocycles. The Morgan fingerprint density at radius 3 is 2.55 bits per heavy atom. The van der Waals surface area contributed by atoms with Gasteiger partial charge in [-0.05, 0) is 47.8 Å². The normalized spacial score (nSPS) is 31.2. The first-order chi connectivity index (χ1) is 9.83. The van der Waals surface area contributed by atoms with E-state index in [1.807, 2.05) is 0 Å². The Hall–Kier alpha value is -1.76. The smallest absolute Gasteiger partial charge is 0.0375 e. The van der Waals surface area contributed by atoms with Crippen molar-refractivity contribution >= 4 is 5.69 Å². The molecular weight excluding hydrogens is 242 g/mol. The Morgan fingerprint density at radius 1 is 0.950 bits per heavy atom. The van der Waals surface area contributed by atoms with Crippen LogP contribution in [0, 0.1) is 11.8 Å². The number of benzene rings is 2. The Balaban J connectivity index is 1.54. The van der Waals surface area contributed by atoms with Crippen LogP contribution in [-0.2, 0) is 6.42 Å². The molecule has 0 saturated heterocycles. The number of para-hydroxylation sites is 1. The molecule has 1 nitrogen and oxygen atoms in total. The lowest BCUT2D eigenvalue weighted by atomic mass is 9.85. The van der Waals surface area contributed by atoms with Gasteiger partial charge in [0.25, 0.3) is 0 Å². The molecule has 0 spiro atoms. The van der Waals surface area contributed by atoms with E-state index in [9.17, 15) is 0 Å². The largest absolute Gasteiger partial charge is 0.382 e. The zero-order chi connectivity index (χ0) is 13.5. The zero-order valence-electron chi connectivity index (χ0n) is 11.9. The van der Waals surface area contributed by atoms with Crippen molar-refractivity contribution in [1.82, 2.24) is 0 Å². The van der Waals surface area contributed by atoms with Crippen LogP contribution in [0.3, 0.4) is 0 Å². The molecule has 1 heteroatoms. The van der Waals surface area contributed by atoms with Gasteiger partial charge in [0.15, 0.2) is 0 Å². The van der Waals surface area contributed by atoms with Crippen molar-refractivity contribution in [3.8, 4) is 0 Å². The van der Waals surface area contributed by atoms with Crippen LogP contribution < -0.4 is 5.32 Å². The van der Waals surface area contributed by atoms with Crippen molar-refractivity contribution in [3.63, 3.8) is 0 Å². The molecule has 4 unspecified atom stereocenters. The summed E-state index contributed by atoms with van der Waals surface area (Å²) in [6, 6.07) is 20.4. The first kappa shape index (κ1) is 12.0. The van der Waals surface area contributed by atoms with Crippen LogP contribution in [0.2, 0.25) is 0 Å². The van der Waals surface area contributed by atoms with Gasteiger partial charge in [-0.3, -0.25) is 0 Å². The highest BCUT2D eigenvalue weighted by atomic mass is 15.0. The summed E-state index contributed by atoms with van der Waals surface area (Å²) in [7, 11) is 0. The van der Waals surface area contributed by atoms with Crippen molar-refractivity contribution in [2.45, 2.75) is 31.7 Å². The van der Waals surface area contributed by atoms with E-state index in [4.69, 9.17) is 0 Å². The predicted octanol–water partition coefficient (Wildman–Crippen LogP) is 4.46. The lowest BCUT2D eigenvalue weighted by Gasteiger charge is -2.33. The van der Waals surface area contributed by atoms with E-state index in [-0.39, 0.29) is 0 Å². The maximum atomic E-state index is 3.81. The van der Waals surface area contributed by atoms with E-state index in [2.05, 4.69) is 66.8 Å². The topological polar surface area (TPSA) is 12.0 Å². The van der Waals surface area contributed by atoms with E-state index < -0.39 is 0 Å². The van der Waals surface area contributed by atoms with Gasteiger partial charge in [-0.25, -0.2) is 0 Å². The number of hydrogen-bond donors (Lipinski definition) is 1. The van der Waals surface area contributed by atoms with Crippen molar-refractivity contribution in [2.75, 3.05) is 5.32 Å². The fourth-order valence-corrected chi connectivity index (χ4v) is 3.86. The molecular formula is C19H21N. The van der Waals surface area contributed by atoms with E-state index in [1.54, 1.807) is 0 Å². The molecule has 1 heterocycles. The minimum absolute atomic E-state index is 0.634. The fourth-order valence-electron chi connectivity index (χ4n) is 3.86. The highest BCUT2D eigenvalue weighted by molar-refractivity contribution is 5.55. The third-order valence-electron chi connectivity index (χ3n) is 5.02. The lowest BCUT2D eigenvalue weighted by Crippen LogP contribution is -2.35. The molecule has 1 aliphatic heterocycles. The monoisotopic (exact) mass is 263 g/mol. The van der Waals surface area contributed by atoms with E-state index >= 15 is 0 Å². The van der Waals surface area contributed by atoms with E-state index in [0.717, 1.165) is 17.8 Å². The highest BCUT2D eigenvalue weighted by Crippen LogP contribution is 2.52. The molecule has 4 atom stereocenters. The first-order valence-electron chi connectivity index (χ1n) is 7.72. The zero-order valence-corrected chi connectivity index (χ0v) is 11.9. The van der Waals surface area contributed by atoms with Crippen LogP contribution in [0.1, 0.15) is 30.4 Å². The van der Waals surface area contributed by atoms with Gasteiger partial charge in [0.05, 0.1) is 0 Å². The summed E-state index contributed by atoms with van der Waals surface area (Å²) in [5.41, 5.74) is 4.35. The summed E-state index contributed by atoms with van der Waals surface area (Å²) in [6.07, 6.45) is 2.56. The summed E-state index contributed by atoms with van der Waals surface area (Å²) in [6.45, 7) is 2.40. The van der Waals surface area contributed by atoms with Crippen molar-refractivity contribution in [3.05, 3.63) is 65.7 Å². The predicted molar refractivity (Wildman–Crippen MR) is 84.0 cm³/mol. The Labute approximate surface area is 121 Å². The van der Waals surface area contributed by atoms with Crippen LogP contribution >= 0.6 is 0 Å². The van der Waals surface area contributed by atoms with Gasteiger partial charge in [-0.15, -0.1) is 0 Å². The molecule has 1 fully saturated rings. The van der Waals surface area contributed by atoms with Crippen molar-refractivity contribution in [1.29, 1.82) is 0 Å². The minimum Gasteiger partial charge on any atom is -0.382 e. The molecule has 102 valence electrons. The summed E-state index contributed by atoms with van der Waals surface area (Å²) in [5, 5.41) is 3.81. The van der Waals surface area contributed by atoms with Crippen LogP contribution in [0.15, 0.2) is 54.6 Å². The molecule has 1 N–H and O–H groups in total. The summed E-state index contributed by atoms with van der Waals surface area (Å²) in [5.74, 6) is 2.30. The van der Waals surface area contributed by atoms with Gasteiger partial charge in [-0.1, -0.05) is 55.5 Å². The summed E-state index contributed by atoms with van der Waals surface area (Å²) >= 11 is 0. The Kier molecular flexibility index (Phi) is 2.80. The standard InChI is InChI=1S/C19H21N/c1-13-11-15-9-5-6-10-18(15)20-19(13)17-12-16(17)14-7-3-2-4-8-14/h2-10,13,16-17,19-20H,11-12H2,1H3. The van der Waals surface area contributed by atoms with Gasteiger partial charge in [0.1, 0.15) is 0 Å². The van der Waals surface area contributed by atoms with Gasteiger partial charge in [-0.2, -0.15) is 0 Å². The highest BCUT2D eigenvalue weighted by Gasteiger charge is 2.46. The SMILES string of the molecule is CC1Cc2ccccc2NC1C1CC1c1ccccc1. The third kappa shape index (κ3) is 2.02. The second kappa shape index (κ2) is 4.66. The minimum atomic E-state index is 0.634. The number of rotatable bonds is 2. The average Bonchev–Trinajstić information content (AvgIpc) is 3.28. The second-order valence-electron chi connectivity index (χ2n) is 6.43. The van der Waals surface area contributed by atoms with Crippen molar-refractivity contribution < 1.29 is 0 Å². The molecule has 0 bridgehead atoms. The Morgan fingerprint density at radius 2 is 1.70 bits per heavy atom. The second-order valence-corrected chi connectivity index (χ2v) is 6.43. The molecule has 1 aliphatic carbocycles. The molecule has 0 aromatic heterocycles.